The Morgan fingerprint density at radius 3 is 1.12 bits per heavy atom. The molecular formula is C28H58N8O4. The van der Waals surface area contributed by atoms with Crippen molar-refractivity contribution in [1.29, 1.82) is 0 Å². The number of carbonyl (C=O) groups is 4. The number of nitrogens with one attached hydrogen (secondary N) is 6. The van der Waals surface area contributed by atoms with Gasteiger partial charge in [0, 0.05) is 104 Å². The van der Waals surface area contributed by atoms with Gasteiger partial charge < -0.3 is 41.7 Å². The molecule has 0 rings (SSSR count). The van der Waals surface area contributed by atoms with Gasteiger partial charge in [-0.2, -0.15) is 0 Å². The molecule has 0 aromatic heterocycles. The number of nitrogens with zero attached hydrogens (tertiary/aromatic N) is 2. The average Bonchev–Trinajstić information content (AvgIpc) is 2.94. The lowest BCUT2D eigenvalue weighted by molar-refractivity contribution is -0.122. The summed E-state index contributed by atoms with van der Waals surface area (Å²) in [4.78, 5) is 53.7. The number of rotatable bonds is 29. The summed E-state index contributed by atoms with van der Waals surface area (Å²) in [6.45, 7) is 7.78. The van der Waals surface area contributed by atoms with Crippen molar-refractivity contribution in [3.63, 3.8) is 0 Å². The number of ketones is 2. The van der Waals surface area contributed by atoms with Crippen LogP contribution in [0.1, 0.15) is 51.4 Å². The van der Waals surface area contributed by atoms with Crippen LogP contribution in [0.25, 0.3) is 0 Å². The van der Waals surface area contributed by atoms with Gasteiger partial charge in [0.15, 0.2) is 0 Å². The summed E-state index contributed by atoms with van der Waals surface area (Å²) < 4.78 is 0. The van der Waals surface area contributed by atoms with Gasteiger partial charge in [0.2, 0.25) is 11.8 Å². The Kier molecular flexibility index (Phi) is 25.9. The highest BCUT2D eigenvalue weighted by atomic mass is 16.2. The van der Waals surface area contributed by atoms with Crippen LogP contribution in [0.4, 0.5) is 0 Å². The third kappa shape index (κ3) is 23.9. The van der Waals surface area contributed by atoms with E-state index in [1.54, 1.807) is 0 Å². The normalized spacial score (nSPS) is 11.2. The molecule has 0 aromatic rings. The van der Waals surface area contributed by atoms with E-state index in [4.69, 9.17) is 0 Å². The summed E-state index contributed by atoms with van der Waals surface area (Å²) >= 11 is 0. The fraction of sp³-hybridized carbons (Fsp3) is 0.857. The first-order valence-corrected chi connectivity index (χ1v) is 15.0. The molecule has 40 heavy (non-hydrogen) atoms. The van der Waals surface area contributed by atoms with Crippen molar-refractivity contribution in [1.82, 2.24) is 41.7 Å². The summed E-state index contributed by atoms with van der Waals surface area (Å²) in [5.41, 5.74) is 0. The second-order valence-electron chi connectivity index (χ2n) is 10.1. The van der Waals surface area contributed by atoms with Crippen molar-refractivity contribution in [2.75, 3.05) is 107 Å². The quantitative estimate of drug-likeness (QED) is 0.0617. The van der Waals surface area contributed by atoms with Crippen LogP contribution in [0, 0.1) is 0 Å². The van der Waals surface area contributed by atoms with Gasteiger partial charge in [-0.25, -0.2) is 0 Å². The minimum Gasteiger partial charge on any atom is -0.355 e. The fourth-order valence-corrected chi connectivity index (χ4v) is 4.04. The van der Waals surface area contributed by atoms with Crippen molar-refractivity contribution in [2.45, 2.75) is 51.4 Å². The highest BCUT2D eigenvalue weighted by molar-refractivity contribution is 5.79. The smallest absolute Gasteiger partial charge is 0.221 e. The predicted molar refractivity (Wildman–Crippen MR) is 162 cm³/mol. The summed E-state index contributed by atoms with van der Waals surface area (Å²) in [5.74, 6) is 0.424. The van der Waals surface area contributed by atoms with Gasteiger partial charge in [0.05, 0.1) is 0 Å². The molecule has 0 aliphatic rings. The van der Waals surface area contributed by atoms with Crippen LogP contribution in [-0.4, -0.2) is 140 Å². The van der Waals surface area contributed by atoms with Gasteiger partial charge in [0.25, 0.3) is 0 Å². The molecule has 0 saturated carbocycles. The van der Waals surface area contributed by atoms with Crippen LogP contribution >= 0.6 is 0 Å². The molecule has 0 spiro atoms. The monoisotopic (exact) mass is 570 g/mol. The zero-order valence-corrected chi connectivity index (χ0v) is 25.7. The van der Waals surface area contributed by atoms with E-state index in [2.05, 4.69) is 41.7 Å². The lowest BCUT2D eigenvalue weighted by Crippen LogP contribution is -2.41. The predicted octanol–water partition coefficient (Wildman–Crippen LogP) is -1.04. The van der Waals surface area contributed by atoms with E-state index in [0.29, 0.717) is 104 Å². The molecule has 6 N–H and O–H groups in total. The Morgan fingerprint density at radius 2 is 0.775 bits per heavy atom. The maximum atomic E-state index is 12.4. The molecular weight excluding hydrogens is 512 g/mol. The van der Waals surface area contributed by atoms with E-state index in [0.717, 1.165) is 25.9 Å². The van der Waals surface area contributed by atoms with Crippen LogP contribution < -0.4 is 31.9 Å². The van der Waals surface area contributed by atoms with Crippen LogP contribution in [0.5, 0.6) is 0 Å². The molecule has 234 valence electrons. The van der Waals surface area contributed by atoms with Crippen LogP contribution in [-0.2, 0) is 19.2 Å². The van der Waals surface area contributed by atoms with Crippen molar-refractivity contribution < 1.29 is 19.2 Å². The van der Waals surface area contributed by atoms with Crippen LogP contribution in [0.15, 0.2) is 0 Å². The van der Waals surface area contributed by atoms with Gasteiger partial charge in [0.1, 0.15) is 11.6 Å². The number of likely N-dealkylation sites (N-methyl/N-ethyl adjacent to an activating group) is 2. The molecule has 0 fully saturated rings. The Labute approximate surface area is 242 Å². The molecule has 2 amide bonds. The maximum Gasteiger partial charge on any atom is 0.221 e. The fourth-order valence-electron chi connectivity index (χ4n) is 4.04. The zero-order valence-electron chi connectivity index (χ0n) is 25.7. The maximum absolute atomic E-state index is 12.4. The van der Waals surface area contributed by atoms with Gasteiger partial charge in [-0.15, -0.1) is 0 Å². The Hall–Kier alpha value is -1.96. The Balaban J connectivity index is 5.07. The second-order valence-corrected chi connectivity index (χ2v) is 10.1. The largest absolute Gasteiger partial charge is 0.355 e. The molecule has 0 saturated heterocycles. The van der Waals surface area contributed by atoms with E-state index in [1.165, 1.54) is 0 Å². The lowest BCUT2D eigenvalue weighted by Gasteiger charge is -2.27. The number of amides is 2. The van der Waals surface area contributed by atoms with Gasteiger partial charge in [-0.1, -0.05) is 0 Å². The van der Waals surface area contributed by atoms with Crippen molar-refractivity contribution in [2.24, 2.45) is 0 Å². The average molecular weight is 571 g/mol. The molecule has 12 heteroatoms. The third-order valence-electron chi connectivity index (χ3n) is 6.62. The first-order chi connectivity index (χ1) is 19.4. The Bertz CT molecular complexity index is 573. The number of hydrogen-bond donors (Lipinski definition) is 6. The number of hydrogen-bond acceptors (Lipinski definition) is 10. The molecule has 0 unspecified atom stereocenters. The molecule has 0 aliphatic heterocycles. The molecule has 0 radical (unpaired) electrons. The van der Waals surface area contributed by atoms with Gasteiger partial charge in [-0.05, 0) is 54.1 Å². The zero-order chi connectivity index (χ0) is 29.8. The highest BCUT2D eigenvalue weighted by Crippen LogP contribution is 2.04. The summed E-state index contributed by atoms with van der Waals surface area (Å²) in [6, 6.07) is 0. The SMILES string of the molecule is CNCCCC(=O)CCN(CCC(=O)CCCNC)CCN(CCC(=O)NCCNC)CCC(=O)NCCNC. The Morgan fingerprint density at radius 1 is 0.425 bits per heavy atom. The van der Waals surface area contributed by atoms with Gasteiger partial charge in [-0.3, -0.25) is 19.2 Å². The van der Waals surface area contributed by atoms with Crippen molar-refractivity contribution in [3.8, 4) is 0 Å². The molecule has 12 nitrogen and oxygen atoms in total. The van der Waals surface area contributed by atoms with Gasteiger partial charge >= 0.3 is 0 Å². The lowest BCUT2D eigenvalue weighted by atomic mass is 10.1. The topological polar surface area (TPSA) is 147 Å². The second kappa shape index (κ2) is 27.2. The van der Waals surface area contributed by atoms with E-state index in [-0.39, 0.29) is 23.4 Å². The highest BCUT2D eigenvalue weighted by Gasteiger charge is 2.15. The minimum atomic E-state index is -0.0186. The molecule has 0 aromatic carbocycles. The van der Waals surface area contributed by atoms with E-state index in [9.17, 15) is 19.2 Å². The van der Waals surface area contributed by atoms with E-state index >= 15 is 0 Å². The number of Topliss-reactive ketones (excluding diaryl/α,β-unsaturated/α-hetero) is 2. The molecule has 0 atom stereocenters. The van der Waals surface area contributed by atoms with Crippen LogP contribution in [0.2, 0.25) is 0 Å². The third-order valence-corrected chi connectivity index (χ3v) is 6.62. The van der Waals surface area contributed by atoms with Crippen LogP contribution in [0.3, 0.4) is 0 Å². The van der Waals surface area contributed by atoms with Crippen molar-refractivity contribution >= 4 is 23.4 Å². The van der Waals surface area contributed by atoms with E-state index in [1.807, 2.05) is 28.2 Å². The first kappa shape index (κ1) is 38.0. The summed E-state index contributed by atoms with van der Waals surface area (Å²) in [5, 5.41) is 18.0. The first-order valence-electron chi connectivity index (χ1n) is 15.0. The number of carbonyl (C=O) groups excluding carboxylic acids is 4. The molecule has 0 aliphatic carbocycles. The molecule has 0 bridgehead atoms. The van der Waals surface area contributed by atoms with Crippen molar-refractivity contribution in [3.05, 3.63) is 0 Å². The standard InChI is InChI=1S/C28H58N8O4/c1-29-13-5-7-25(37)9-19-35(20-10-26(38)8-6-14-30-2)23-24-36(21-11-27(39)33-17-15-31-3)22-12-28(40)34-18-16-32-4/h29-32H,5-24H2,1-4H3,(H,33,39)(H,34,40). The summed E-state index contributed by atoms with van der Waals surface area (Å²) in [7, 11) is 7.44. The molecule has 0 heterocycles. The summed E-state index contributed by atoms with van der Waals surface area (Å²) in [6.07, 6.45) is 4.35. The van der Waals surface area contributed by atoms with E-state index < -0.39 is 0 Å². The minimum absolute atomic E-state index is 0.0186.